The van der Waals surface area contributed by atoms with E-state index >= 15 is 0 Å². The number of nitrogens with zero attached hydrogens (tertiary/aromatic N) is 2. The third-order valence-electron chi connectivity index (χ3n) is 2.97. The van der Waals surface area contributed by atoms with Crippen molar-refractivity contribution < 1.29 is 4.79 Å². The number of rotatable bonds is 3. The molecule has 0 saturated heterocycles. The summed E-state index contributed by atoms with van der Waals surface area (Å²) >= 11 is 3.05. The number of carbonyl (C=O) groups is 1. The molecule has 1 N–H and O–H groups in total. The number of thiazole rings is 1. The molecule has 0 aliphatic carbocycles. The van der Waals surface area contributed by atoms with Gasteiger partial charge in [-0.05, 0) is 37.3 Å². The molecule has 0 fully saturated rings. The van der Waals surface area contributed by atoms with Crippen molar-refractivity contribution in [2.75, 3.05) is 5.32 Å². The second-order valence-corrected chi connectivity index (χ2v) is 6.74. The molecular weight excluding hydrogens is 314 g/mol. The molecule has 0 spiro atoms. The van der Waals surface area contributed by atoms with Gasteiger partial charge < -0.3 is 0 Å². The van der Waals surface area contributed by atoms with Crippen molar-refractivity contribution in [3.63, 3.8) is 0 Å². The number of aryl methyl sites for hydroxylation is 1. The van der Waals surface area contributed by atoms with Gasteiger partial charge in [0.15, 0.2) is 5.13 Å². The summed E-state index contributed by atoms with van der Waals surface area (Å²) in [6.45, 7) is 2.05. The Bertz CT molecular complexity index is 873. The van der Waals surface area contributed by atoms with Crippen LogP contribution in [0.15, 0.2) is 41.8 Å². The van der Waals surface area contributed by atoms with E-state index < -0.39 is 0 Å². The highest BCUT2D eigenvalue weighted by Gasteiger charge is 2.11. The van der Waals surface area contributed by atoms with Crippen LogP contribution in [0, 0.1) is 18.3 Å². The molecule has 0 radical (unpaired) electrons. The minimum absolute atomic E-state index is 0.264. The Kier molecular flexibility index (Phi) is 4.00. The molecule has 3 aromatic rings. The van der Waals surface area contributed by atoms with Crippen molar-refractivity contribution in [2.24, 2.45) is 0 Å². The van der Waals surface area contributed by atoms with Crippen molar-refractivity contribution in [3.8, 4) is 16.6 Å². The van der Waals surface area contributed by atoms with Crippen LogP contribution < -0.4 is 5.32 Å². The molecule has 0 saturated carbocycles. The third-order valence-corrected chi connectivity index (χ3v) is 4.75. The Morgan fingerprint density at radius 1 is 1.32 bits per heavy atom. The molecule has 6 heteroatoms. The number of anilines is 1. The van der Waals surface area contributed by atoms with E-state index in [1.165, 1.54) is 16.2 Å². The third kappa shape index (κ3) is 3.06. The van der Waals surface area contributed by atoms with Crippen LogP contribution in [0.3, 0.4) is 0 Å². The van der Waals surface area contributed by atoms with Crippen LogP contribution in [-0.4, -0.2) is 10.9 Å². The standard InChI is InChI=1S/C16H11N3OS2/c1-10-5-6-14(22-10)13-9-21-16(18-13)19-15(20)12-4-2-3-11(7-12)8-17/h2-7,9H,1H3,(H,18,19,20). The second-order valence-electron chi connectivity index (χ2n) is 4.59. The van der Waals surface area contributed by atoms with Crippen LogP contribution in [0.25, 0.3) is 10.6 Å². The number of carbonyl (C=O) groups excluding carboxylic acids is 1. The molecule has 22 heavy (non-hydrogen) atoms. The van der Waals surface area contributed by atoms with Gasteiger partial charge in [0.1, 0.15) is 0 Å². The number of hydrogen-bond donors (Lipinski definition) is 1. The number of aromatic nitrogens is 1. The fourth-order valence-electron chi connectivity index (χ4n) is 1.92. The van der Waals surface area contributed by atoms with Gasteiger partial charge in [0.2, 0.25) is 0 Å². The summed E-state index contributed by atoms with van der Waals surface area (Å²) in [5.41, 5.74) is 1.77. The maximum Gasteiger partial charge on any atom is 0.257 e. The van der Waals surface area contributed by atoms with Crippen molar-refractivity contribution in [2.45, 2.75) is 6.92 Å². The van der Waals surface area contributed by atoms with Gasteiger partial charge in [-0.1, -0.05) is 6.07 Å². The van der Waals surface area contributed by atoms with E-state index in [1.54, 1.807) is 35.6 Å². The predicted molar refractivity (Wildman–Crippen MR) is 89.3 cm³/mol. The van der Waals surface area contributed by atoms with Gasteiger partial charge in [0.25, 0.3) is 5.91 Å². The zero-order valence-corrected chi connectivity index (χ0v) is 13.3. The van der Waals surface area contributed by atoms with Crippen molar-refractivity contribution in [1.82, 2.24) is 4.98 Å². The molecule has 1 amide bonds. The summed E-state index contributed by atoms with van der Waals surface area (Å²) in [7, 11) is 0. The number of nitrogens with one attached hydrogen (secondary N) is 1. The summed E-state index contributed by atoms with van der Waals surface area (Å²) < 4.78 is 0. The predicted octanol–water partition coefficient (Wildman–Crippen LogP) is 4.30. The molecule has 3 rings (SSSR count). The summed E-state index contributed by atoms with van der Waals surface area (Å²) in [5.74, 6) is -0.264. The van der Waals surface area contributed by atoms with Gasteiger partial charge in [-0.2, -0.15) is 5.26 Å². The second kappa shape index (κ2) is 6.10. The Morgan fingerprint density at radius 2 is 2.18 bits per heavy atom. The first-order valence-electron chi connectivity index (χ1n) is 6.49. The molecule has 4 nitrogen and oxygen atoms in total. The van der Waals surface area contributed by atoms with Crippen LogP contribution in [0.5, 0.6) is 0 Å². The largest absolute Gasteiger partial charge is 0.298 e. The summed E-state index contributed by atoms with van der Waals surface area (Å²) in [6.07, 6.45) is 0. The topological polar surface area (TPSA) is 65.8 Å². The number of hydrogen-bond acceptors (Lipinski definition) is 5. The van der Waals surface area contributed by atoms with E-state index in [9.17, 15) is 4.79 Å². The Morgan fingerprint density at radius 3 is 2.91 bits per heavy atom. The normalized spacial score (nSPS) is 10.2. The first kappa shape index (κ1) is 14.4. The quantitative estimate of drug-likeness (QED) is 0.780. The van der Waals surface area contributed by atoms with Crippen molar-refractivity contribution in [3.05, 3.63) is 57.8 Å². The smallest absolute Gasteiger partial charge is 0.257 e. The fraction of sp³-hybridized carbons (Fsp3) is 0.0625. The zero-order valence-electron chi connectivity index (χ0n) is 11.7. The van der Waals surface area contributed by atoms with Gasteiger partial charge in [-0.3, -0.25) is 10.1 Å². The van der Waals surface area contributed by atoms with Crippen LogP contribution in [0.1, 0.15) is 20.8 Å². The molecule has 2 heterocycles. The monoisotopic (exact) mass is 325 g/mol. The highest BCUT2D eigenvalue weighted by Crippen LogP contribution is 2.30. The molecule has 1 aromatic carbocycles. The molecule has 0 aliphatic heterocycles. The highest BCUT2D eigenvalue weighted by atomic mass is 32.1. The lowest BCUT2D eigenvalue weighted by molar-refractivity contribution is 0.102. The molecular formula is C16H11N3OS2. The van der Waals surface area contributed by atoms with E-state index in [1.807, 2.05) is 30.5 Å². The molecule has 0 bridgehead atoms. The van der Waals surface area contributed by atoms with Gasteiger partial charge in [0.05, 0.1) is 22.2 Å². The first-order chi connectivity index (χ1) is 10.7. The first-order valence-corrected chi connectivity index (χ1v) is 8.19. The lowest BCUT2D eigenvalue weighted by atomic mass is 10.1. The lowest BCUT2D eigenvalue weighted by Crippen LogP contribution is -2.11. The van der Waals surface area contributed by atoms with Crippen LogP contribution in [0.4, 0.5) is 5.13 Å². The molecule has 0 unspecified atom stereocenters. The van der Waals surface area contributed by atoms with E-state index in [0.717, 1.165) is 10.6 Å². The van der Waals surface area contributed by atoms with Gasteiger partial charge in [0, 0.05) is 15.8 Å². The Hall–Kier alpha value is -2.49. The van der Waals surface area contributed by atoms with E-state index in [-0.39, 0.29) is 5.91 Å². The van der Waals surface area contributed by atoms with E-state index in [2.05, 4.69) is 10.3 Å². The van der Waals surface area contributed by atoms with Crippen LogP contribution >= 0.6 is 22.7 Å². The minimum atomic E-state index is -0.264. The van der Waals surface area contributed by atoms with Gasteiger partial charge >= 0.3 is 0 Å². The lowest BCUT2D eigenvalue weighted by Gasteiger charge is -2.01. The van der Waals surface area contributed by atoms with Gasteiger partial charge in [-0.25, -0.2) is 4.98 Å². The number of thiophene rings is 1. The summed E-state index contributed by atoms with van der Waals surface area (Å²) in [4.78, 5) is 18.9. The zero-order chi connectivity index (χ0) is 15.5. The molecule has 0 aliphatic rings. The number of amides is 1. The maximum absolute atomic E-state index is 12.2. The van der Waals surface area contributed by atoms with Crippen LogP contribution in [0.2, 0.25) is 0 Å². The highest BCUT2D eigenvalue weighted by molar-refractivity contribution is 7.17. The van der Waals surface area contributed by atoms with E-state index in [0.29, 0.717) is 16.3 Å². The van der Waals surface area contributed by atoms with Crippen molar-refractivity contribution in [1.29, 1.82) is 5.26 Å². The number of nitriles is 1. The molecule has 108 valence electrons. The average Bonchev–Trinajstić information content (AvgIpc) is 3.16. The van der Waals surface area contributed by atoms with E-state index in [4.69, 9.17) is 5.26 Å². The van der Waals surface area contributed by atoms with Gasteiger partial charge in [-0.15, -0.1) is 22.7 Å². The Balaban J connectivity index is 1.77. The SMILES string of the molecule is Cc1ccc(-c2csc(NC(=O)c3cccc(C#N)c3)n2)s1. The summed E-state index contributed by atoms with van der Waals surface area (Å²) in [6, 6.07) is 12.7. The van der Waals surface area contributed by atoms with Crippen molar-refractivity contribution >= 4 is 33.7 Å². The summed E-state index contributed by atoms with van der Waals surface area (Å²) in [5, 5.41) is 14.1. The number of benzene rings is 1. The Labute approximate surface area is 135 Å². The maximum atomic E-state index is 12.2. The molecule has 2 aromatic heterocycles. The minimum Gasteiger partial charge on any atom is -0.298 e. The average molecular weight is 325 g/mol. The fourth-order valence-corrected chi connectivity index (χ4v) is 3.52. The molecule has 0 atom stereocenters. The van der Waals surface area contributed by atoms with Crippen LogP contribution in [-0.2, 0) is 0 Å².